The Kier molecular flexibility index (Phi) is 4.76. The maximum atomic E-state index is 9.01. The topological polar surface area (TPSA) is 33.0 Å². The lowest BCUT2D eigenvalue weighted by atomic mass is 10.2. The van der Waals surface area contributed by atoms with Gasteiger partial charge in [-0.3, -0.25) is 0 Å². The fraction of sp³-hybridized carbons (Fsp3) is 0.750. The van der Waals surface area contributed by atoms with Gasteiger partial charge in [-0.15, -0.1) is 0 Å². The predicted octanol–water partition coefficient (Wildman–Crippen LogP) is 3.87. The summed E-state index contributed by atoms with van der Waals surface area (Å²) < 4.78 is 5.96. The van der Waals surface area contributed by atoms with Crippen molar-refractivity contribution in [3.8, 4) is 6.07 Å². The standard InChI is InChI=1S/C12H23NOSi/c1-10(2)8-11(9-13)14-15(6,7)12(3,4)5/h8,11H,1-7H3. The van der Waals surface area contributed by atoms with Gasteiger partial charge in [0.15, 0.2) is 14.4 Å². The molecule has 1 atom stereocenters. The Morgan fingerprint density at radius 3 is 2.07 bits per heavy atom. The van der Waals surface area contributed by atoms with Crippen LogP contribution in [0.2, 0.25) is 18.1 Å². The van der Waals surface area contributed by atoms with Gasteiger partial charge in [0.05, 0.1) is 6.07 Å². The van der Waals surface area contributed by atoms with Crippen LogP contribution in [0.4, 0.5) is 0 Å². The first-order chi connectivity index (χ1) is 6.60. The van der Waals surface area contributed by atoms with Gasteiger partial charge in [-0.2, -0.15) is 5.26 Å². The van der Waals surface area contributed by atoms with E-state index in [1.54, 1.807) is 0 Å². The molecule has 0 heterocycles. The number of nitrogens with zero attached hydrogens (tertiary/aromatic N) is 1. The van der Waals surface area contributed by atoms with E-state index in [-0.39, 0.29) is 5.04 Å². The maximum absolute atomic E-state index is 9.01. The lowest BCUT2D eigenvalue weighted by molar-refractivity contribution is 0.272. The van der Waals surface area contributed by atoms with Crippen molar-refractivity contribution < 1.29 is 4.43 Å². The molecule has 0 aromatic rings. The number of hydrogen-bond acceptors (Lipinski definition) is 2. The smallest absolute Gasteiger partial charge is 0.194 e. The van der Waals surface area contributed by atoms with Crippen LogP contribution < -0.4 is 0 Å². The van der Waals surface area contributed by atoms with Gasteiger partial charge in [-0.1, -0.05) is 26.3 Å². The van der Waals surface area contributed by atoms with E-state index in [0.29, 0.717) is 0 Å². The molecule has 0 N–H and O–H groups in total. The highest BCUT2D eigenvalue weighted by Gasteiger charge is 2.38. The molecule has 0 aliphatic rings. The van der Waals surface area contributed by atoms with Gasteiger partial charge >= 0.3 is 0 Å². The predicted molar refractivity (Wildman–Crippen MR) is 67.1 cm³/mol. The fourth-order valence-electron chi connectivity index (χ4n) is 0.895. The third-order valence-electron chi connectivity index (χ3n) is 2.84. The van der Waals surface area contributed by atoms with Crippen molar-refractivity contribution in [2.45, 2.75) is 58.9 Å². The number of allylic oxidation sites excluding steroid dienone is 1. The van der Waals surface area contributed by atoms with E-state index in [1.807, 2.05) is 19.9 Å². The van der Waals surface area contributed by atoms with Crippen molar-refractivity contribution in [2.75, 3.05) is 0 Å². The summed E-state index contributed by atoms with van der Waals surface area (Å²) in [5, 5.41) is 9.16. The second kappa shape index (κ2) is 4.96. The zero-order valence-corrected chi connectivity index (χ0v) is 12.0. The van der Waals surface area contributed by atoms with Gasteiger partial charge in [0.25, 0.3) is 0 Å². The first-order valence-electron chi connectivity index (χ1n) is 5.32. The van der Waals surface area contributed by atoms with Crippen LogP contribution in [-0.4, -0.2) is 14.4 Å². The molecule has 0 fully saturated rings. The molecule has 0 radical (unpaired) electrons. The summed E-state index contributed by atoms with van der Waals surface area (Å²) in [4.78, 5) is 0. The van der Waals surface area contributed by atoms with Gasteiger partial charge in [-0.25, -0.2) is 0 Å². The molecule has 15 heavy (non-hydrogen) atoms. The van der Waals surface area contributed by atoms with E-state index in [4.69, 9.17) is 9.69 Å². The van der Waals surface area contributed by atoms with Crippen LogP contribution in [0.15, 0.2) is 11.6 Å². The SMILES string of the molecule is CC(C)=CC(C#N)O[Si](C)(C)C(C)(C)C. The zero-order valence-electron chi connectivity index (χ0n) is 11.0. The number of hydrogen-bond donors (Lipinski definition) is 0. The second-order valence-electron chi connectivity index (χ2n) is 5.67. The molecule has 0 aliphatic heterocycles. The molecule has 0 rings (SSSR count). The first kappa shape index (κ1) is 14.4. The van der Waals surface area contributed by atoms with Crippen LogP contribution in [0.3, 0.4) is 0 Å². The summed E-state index contributed by atoms with van der Waals surface area (Å²) in [7, 11) is -1.82. The Morgan fingerprint density at radius 2 is 1.80 bits per heavy atom. The van der Waals surface area contributed by atoms with Gasteiger partial charge in [0, 0.05) is 0 Å². The second-order valence-corrected chi connectivity index (χ2v) is 10.4. The molecule has 0 saturated heterocycles. The van der Waals surface area contributed by atoms with Crippen LogP contribution in [0.25, 0.3) is 0 Å². The lowest BCUT2D eigenvalue weighted by Gasteiger charge is -2.37. The molecule has 86 valence electrons. The first-order valence-corrected chi connectivity index (χ1v) is 8.23. The molecule has 2 nitrogen and oxygen atoms in total. The van der Waals surface area contributed by atoms with E-state index in [1.165, 1.54) is 0 Å². The van der Waals surface area contributed by atoms with E-state index in [9.17, 15) is 0 Å². The van der Waals surface area contributed by atoms with E-state index < -0.39 is 14.4 Å². The average Bonchev–Trinajstić information content (AvgIpc) is 1.99. The summed E-state index contributed by atoms with van der Waals surface area (Å²) in [5.74, 6) is 0. The van der Waals surface area contributed by atoms with Crippen LogP contribution >= 0.6 is 0 Å². The summed E-state index contributed by atoms with van der Waals surface area (Å²) in [6.45, 7) is 14.8. The zero-order chi connectivity index (χ0) is 12.3. The highest BCUT2D eigenvalue weighted by Crippen LogP contribution is 2.37. The van der Waals surface area contributed by atoms with Gasteiger partial charge in [0.2, 0.25) is 0 Å². The monoisotopic (exact) mass is 225 g/mol. The molecule has 0 saturated carbocycles. The Labute approximate surface area is 95.1 Å². The number of rotatable bonds is 3. The van der Waals surface area contributed by atoms with Crippen molar-refractivity contribution in [1.82, 2.24) is 0 Å². The molecule has 1 unspecified atom stereocenters. The minimum absolute atomic E-state index is 0.150. The van der Waals surface area contributed by atoms with E-state index in [0.717, 1.165) is 5.57 Å². The largest absolute Gasteiger partial charge is 0.398 e. The molecular weight excluding hydrogens is 202 g/mol. The van der Waals surface area contributed by atoms with Crippen molar-refractivity contribution in [1.29, 1.82) is 5.26 Å². The van der Waals surface area contributed by atoms with Gasteiger partial charge < -0.3 is 4.43 Å². The van der Waals surface area contributed by atoms with Gasteiger partial charge in [0.1, 0.15) is 0 Å². The normalized spacial score (nSPS) is 14.3. The Bertz CT molecular complexity index is 277. The summed E-state index contributed by atoms with van der Waals surface area (Å²) in [6, 6.07) is 2.20. The van der Waals surface area contributed by atoms with Crippen molar-refractivity contribution in [3.05, 3.63) is 11.6 Å². The Hall–Kier alpha value is -0.593. The average molecular weight is 225 g/mol. The molecule has 0 spiro atoms. The van der Waals surface area contributed by atoms with Crippen molar-refractivity contribution >= 4 is 8.32 Å². The van der Waals surface area contributed by atoms with Gasteiger partial charge in [-0.05, 0) is 38.1 Å². The molecule has 0 aliphatic carbocycles. The minimum atomic E-state index is -1.82. The summed E-state index contributed by atoms with van der Waals surface area (Å²) in [5.41, 5.74) is 1.13. The van der Waals surface area contributed by atoms with Crippen molar-refractivity contribution in [2.24, 2.45) is 0 Å². The molecule has 0 aromatic heterocycles. The summed E-state index contributed by atoms with van der Waals surface area (Å²) in [6.07, 6.45) is 1.50. The van der Waals surface area contributed by atoms with Crippen molar-refractivity contribution in [3.63, 3.8) is 0 Å². The third kappa shape index (κ3) is 4.63. The molecule has 0 bridgehead atoms. The molecule has 3 heteroatoms. The number of nitriles is 1. The fourth-order valence-corrected chi connectivity index (χ4v) is 2.00. The Morgan fingerprint density at radius 1 is 1.33 bits per heavy atom. The Balaban J connectivity index is 4.72. The lowest BCUT2D eigenvalue weighted by Crippen LogP contribution is -2.43. The molecule has 0 aromatic carbocycles. The highest BCUT2D eigenvalue weighted by molar-refractivity contribution is 6.74. The maximum Gasteiger partial charge on any atom is 0.194 e. The molecular formula is C12H23NOSi. The summed E-state index contributed by atoms with van der Waals surface area (Å²) >= 11 is 0. The highest BCUT2D eigenvalue weighted by atomic mass is 28.4. The van der Waals surface area contributed by atoms with Crippen LogP contribution in [0.5, 0.6) is 0 Å². The van der Waals surface area contributed by atoms with E-state index in [2.05, 4.69) is 39.9 Å². The van der Waals surface area contributed by atoms with Crippen LogP contribution in [0, 0.1) is 11.3 Å². The van der Waals surface area contributed by atoms with Crippen LogP contribution in [-0.2, 0) is 4.43 Å². The van der Waals surface area contributed by atoms with E-state index >= 15 is 0 Å². The quantitative estimate of drug-likeness (QED) is 0.539. The minimum Gasteiger partial charge on any atom is -0.398 e. The molecule has 0 amide bonds. The third-order valence-corrected chi connectivity index (χ3v) is 7.30. The van der Waals surface area contributed by atoms with Crippen LogP contribution in [0.1, 0.15) is 34.6 Å².